The van der Waals surface area contributed by atoms with E-state index in [1.807, 2.05) is 37.3 Å². The van der Waals surface area contributed by atoms with Crippen LogP contribution in [-0.2, 0) is 16.6 Å². The first kappa shape index (κ1) is 17.5. The molecule has 0 aliphatic rings. The summed E-state index contributed by atoms with van der Waals surface area (Å²) in [6, 6.07) is 16.0. The van der Waals surface area contributed by atoms with E-state index in [1.165, 1.54) is 4.31 Å². The van der Waals surface area contributed by atoms with E-state index in [0.29, 0.717) is 18.9 Å². The van der Waals surface area contributed by atoms with Crippen LogP contribution in [0.3, 0.4) is 0 Å². The van der Waals surface area contributed by atoms with Gasteiger partial charge in [-0.05, 0) is 24.6 Å². The van der Waals surface area contributed by atoms with Gasteiger partial charge in [0.1, 0.15) is 5.75 Å². The third-order valence-electron chi connectivity index (χ3n) is 3.33. The van der Waals surface area contributed by atoms with Gasteiger partial charge in [-0.1, -0.05) is 36.4 Å². The number of ether oxygens (including phenoxy) is 1. The second-order valence-corrected chi connectivity index (χ2v) is 6.96. The molecule has 0 amide bonds. The van der Waals surface area contributed by atoms with Gasteiger partial charge in [0.25, 0.3) is 0 Å². The van der Waals surface area contributed by atoms with E-state index >= 15 is 0 Å². The van der Waals surface area contributed by atoms with Gasteiger partial charge in [0, 0.05) is 25.7 Å². The highest BCUT2D eigenvalue weighted by molar-refractivity contribution is 7.89. The summed E-state index contributed by atoms with van der Waals surface area (Å²) in [5.41, 5.74) is 6.53. The van der Waals surface area contributed by atoms with Crippen LogP contribution in [-0.4, -0.2) is 32.4 Å². The van der Waals surface area contributed by atoms with Crippen LogP contribution in [0.2, 0.25) is 0 Å². The minimum atomic E-state index is -3.63. The van der Waals surface area contributed by atoms with E-state index in [4.69, 9.17) is 10.5 Å². The van der Waals surface area contributed by atoms with Crippen molar-refractivity contribution in [1.82, 2.24) is 4.31 Å². The van der Waals surface area contributed by atoms with Gasteiger partial charge in [0.05, 0.1) is 11.5 Å². The Kier molecular flexibility index (Phi) is 6.15. The molecule has 2 rings (SSSR count). The fraction of sp³-hybridized carbons (Fsp3) is 0.294. The van der Waals surface area contributed by atoms with Gasteiger partial charge in [0.2, 0.25) is 10.0 Å². The highest BCUT2D eigenvalue weighted by Crippen LogP contribution is 2.22. The van der Waals surface area contributed by atoms with E-state index in [0.717, 1.165) is 5.56 Å². The Balaban J connectivity index is 2.31. The fourth-order valence-electron chi connectivity index (χ4n) is 2.26. The molecule has 0 aliphatic heterocycles. The first-order valence-corrected chi connectivity index (χ1v) is 8.99. The first-order valence-electron chi connectivity index (χ1n) is 7.55. The monoisotopic (exact) mass is 334 g/mol. The van der Waals surface area contributed by atoms with Gasteiger partial charge >= 0.3 is 0 Å². The zero-order valence-electron chi connectivity index (χ0n) is 13.2. The van der Waals surface area contributed by atoms with E-state index in [-0.39, 0.29) is 18.0 Å². The van der Waals surface area contributed by atoms with Gasteiger partial charge in [-0.2, -0.15) is 4.31 Å². The van der Waals surface area contributed by atoms with Gasteiger partial charge in [-0.15, -0.1) is 0 Å². The van der Waals surface area contributed by atoms with Crippen LogP contribution < -0.4 is 10.5 Å². The van der Waals surface area contributed by atoms with Gasteiger partial charge in [-0.3, -0.25) is 0 Å². The molecular formula is C17H22N2O3S. The number of rotatable bonds is 8. The second kappa shape index (κ2) is 8.10. The summed E-state index contributed by atoms with van der Waals surface area (Å²) in [6.07, 6.45) is 0. The van der Waals surface area contributed by atoms with Crippen LogP contribution >= 0.6 is 0 Å². The predicted octanol–water partition coefficient (Wildman–Crippen LogP) is 2.23. The van der Waals surface area contributed by atoms with Crippen LogP contribution in [0.4, 0.5) is 0 Å². The lowest BCUT2D eigenvalue weighted by atomic mass is 10.2. The van der Waals surface area contributed by atoms with Crippen LogP contribution in [0.15, 0.2) is 59.5 Å². The molecule has 0 heterocycles. The van der Waals surface area contributed by atoms with E-state index in [9.17, 15) is 8.42 Å². The Labute approximate surface area is 137 Å². The molecule has 0 radical (unpaired) electrons. The van der Waals surface area contributed by atoms with Crippen molar-refractivity contribution in [2.45, 2.75) is 18.4 Å². The van der Waals surface area contributed by atoms with Crippen LogP contribution in [0, 0.1) is 0 Å². The summed E-state index contributed by atoms with van der Waals surface area (Å²) in [5, 5.41) is 0. The third kappa shape index (κ3) is 4.54. The Hall–Kier alpha value is -1.89. The Morgan fingerprint density at radius 3 is 2.48 bits per heavy atom. The zero-order valence-corrected chi connectivity index (χ0v) is 14.0. The Bertz CT molecular complexity index is 718. The summed E-state index contributed by atoms with van der Waals surface area (Å²) < 4.78 is 32.6. The molecule has 0 unspecified atom stereocenters. The van der Waals surface area contributed by atoms with Crippen LogP contribution in [0.1, 0.15) is 12.5 Å². The maximum atomic E-state index is 12.9. The molecule has 0 spiro atoms. The Morgan fingerprint density at radius 2 is 1.83 bits per heavy atom. The topological polar surface area (TPSA) is 72.6 Å². The molecule has 23 heavy (non-hydrogen) atoms. The molecule has 2 N–H and O–H groups in total. The van der Waals surface area contributed by atoms with Crippen LogP contribution in [0.25, 0.3) is 0 Å². The number of nitrogens with zero attached hydrogens (tertiary/aromatic N) is 1. The molecular weight excluding hydrogens is 312 g/mol. The minimum Gasteiger partial charge on any atom is -0.494 e. The standard InChI is InChI=1S/C17H22N2O3S/c1-2-22-16-9-6-10-17(13-16)23(20,21)19(12-11-18)14-15-7-4-3-5-8-15/h3-10,13H,2,11-12,14,18H2,1H3. The van der Waals surface area contributed by atoms with Crippen molar-refractivity contribution in [3.8, 4) is 5.75 Å². The average Bonchev–Trinajstić information content (AvgIpc) is 2.56. The quantitative estimate of drug-likeness (QED) is 0.803. The van der Waals surface area contributed by atoms with Crippen LogP contribution in [0.5, 0.6) is 5.75 Å². The summed E-state index contributed by atoms with van der Waals surface area (Å²) >= 11 is 0. The van der Waals surface area contributed by atoms with Crippen molar-refractivity contribution >= 4 is 10.0 Å². The predicted molar refractivity (Wildman–Crippen MR) is 90.7 cm³/mol. The molecule has 0 aromatic heterocycles. The lowest BCUT2D eigenvalue weighted by Gasteiger charge is -2.22. The highest BCUT2D eigenvalue weighted by Gasteiger charge is 2.24. The number of nitrogens with two attached hydrogens (primary N) is 1. The SMILES string of the molecule is CCOc1cccc(S(=O)(=O)N(CCN)Cc2ccccc2)c1. The highest BCUT2D eigenvalue weighted by atomic mass is 32.2. The molecule has 0 aliphatic carbocycles. The maximum absolute atomic E-state index is 12.9. The number of hydrogen-bond donors (Lipinski definition) is 1. The van der Waals surface area contributed by atoms with Crippen molar-refractivity contribution in [2.75, 3.05) is 19.7 Å². The molecule has 0 atom stereocenters. The number of benzene rings is 2. The minimum absolute atomic E-state index is 0.216. The number of hydrogen-bond acceptors (Lipinski definition) is 4. The molecule has 0 saturated heterocycles. The van der Waals surface area contributed by atoms with Crippen molar-refractivity contribution in [3.63, 3.8) is 0 Å². The fourth-order valence-corrected chi connectivity index (χ4v) is 3.73. The van der Waals surface area contributed by atoms with Crippen molar-refractivity contribution in [1.29, 1.82) is 0 Å². The number of sulfonamides is 1. The van der Waals surface area contributed by atoms with E-state index in [1.54, 1.807) is 24.3 Å². The largest absolute Gasteiger partial charge is 0.494 e. The zero-order chi connectivity index (χ0) is 16.7. The summed E-state index contributed by atoms with van der Waals surface area (Å²) in [7, 11) is -3.63. The van der Waals surface area contributed by atoms with E-state index in [2.05, 4.69) is 0 Å². The molecule has 2 aromatic rings. The first-order chi connectivity index (χ1) is 11.1. The average molecular weight is 334 g/mol. The molecule has 0 saturated carbocycles. The summed E-state index contributed by atoms with van der Waals surface area (Å²) in [4.78, 5) is 0.216. The van der Waals surface area contributed by atoms with Crippen molar-refractivity contribution in [3.05, 3.63) is 60.2 Å². The molecule has 2 aromatic carbocycles. The van der Waals surface area contributed by atoms with Crippen molar-refractivity contribution in [2.24, 2.45) is 5.73 Å². The molecule has 0 bridgehead atoms. The van der Waals surface area contributed by atoms with E-state index < -0.39 is 10.0 Å². The molecule has 6 heteroatoms. The Morgan fingerprint density at radius 1 is 1.09 bits per heavy atom. The maximum Gasteiger partial charge on any atom is 0.243 e. The molecule has 5 nitrogen and oxygen atoms in total. The second-order valence-electron chi connectivity index (χ2n) is 5.02. The molecule has 124 valence electrons. The third-order valence-corrected chi connectivity index (χ3v) is 5.18. The summed E-state index contributed by atoms with van der Waals surface area (Å²) in [6.45, 7) is 3.16. The van der Waals surface area contributed by atoms with Gasteiger partial charge < -0.3 is 10.5 Å². The lowest BCUT2D eigenvalue weighted by Crippen LogP contribution is -2.34. The lowest BCUT2D eigenvalue weighted by molar-refractivity contribution is 0.339. The normalized spacial score (nSPS) is 11.6. The van der Waals surface area contributed by atoms with Crippen molar-refractivity contribution < 1.29 is 13.2 Å². The van der Waals surface area contributed by atoms with Gasteiger partial charge in [0.15, 0.2) is 0 Å². The molecule has 0 fully saturated rings. The smallest absolute Gasteiger partial charge is 0.243 e. The summed E-state index contributed by atoms with van der Waals surface area (Å²) in [5.74, 6) is 0.543. The van der Waals surface area contributed by atoms with Gasteiger partial charge in [-0.25, -0.2) is 8.42 Å².